The van der Waals surface area contributed by atoms with E-state index < -0.39 is 0 Å². The van der Waals surface area contributed by atoms with Crippen molar-refractivity contribution < 1.29 is 9.90 Å². The summed E-state index contributed by atoms with van der Waals surface area (Å²) in [5, 5.41) is 9.36. The Morgan fingerprint density at radius 1 is 1.23 bits per heavy atom. The first kappa shape index (κ1) is 14.6. The van der Waals surface area contributed by atoms with Crippen LogP contribution in [0.1, 0.15) is 29.0 Å². The van der Waals surface area contributed by atoms with Gasteiger partial charge in [-0.25, -0.2) is 0 Å². The molecule has 1 heterocycles. The first-order valence-corrected chi connectivity index (χ1v) is 7.74. The summed E-state index contributed by atoms with van der Waals surface area (Å²) in [5.74, 6) is 0.864. The molecule has 1 aliphatic heterocycles. The molecule has 0 aliphatic carbocycles. The highest BCUT2D eigenvalue weighted by Gasteiger charge is 2.27. The van der Waals surface area contributed by atoms with Gasteiger partial charge in [-0.3, -0.25) is 4.79 Å². The lowest BCUT2D eigenvalue weighted by atomic mass is 9.98. The van der Waals surface area contributed by atoms with Crippen LogP contribution in [-0.2, 0) is 11.2 Å². The summed E-state index contributed by atoms with van der Waals surface area (Å²) in [6.07, 6.45) is 1.47. The topological polar surface area (TPSA) is 40.5 Å². The summed E-state index contributed by atoms with van der Waals surface area (Å²) >= 11 is 0. The third-order valence-electron chi connectivity index (χ3n) is 4.34. The molecule has 3 rings (SSSR count). The molecule has 1 amide bonds. The fourth-order valence-electron chi connectivity index (χ4n) is 3.11. The predicted molar refractivity (Wildman–Crippen MR) is 86.9 cm³/mol. The Bertz CT molecular complexity index is 663. The molecule has 0 bridgehead atoms. The van der Waals surface area contributed by atoms with Gasteiger partial charge >= 0.3 is 0 Å². The molecule has 1 fully saturated rings. The van der Waals surface area contributed by atoms with E-state index in [2.05, 4.69) is 6.07 Å². The average molecular weight is 295 g/mol. The zero-order valence-electron chi connectivity index (χ0n) is 12.8. The minimum absolute atomic E-state index is 0.201. The van der Waals surface area contributed by atoms with Crippen molar-refractivity contribution in [3.05, 3.63) is 65.2 Å². The summed E-state index contributed by atoms with van der Waals surface area (Å²) in [7, 11) is 0. The lowest BCUT2D eigenvalue weighted by Crippen LogP contribution is -2.29. The smallest absolute Gasteiger partial charge is 0.227 e. The highest BCUT2D eigenvalue weighted by atomic mass is 16.3. The zero-order valence-corrected chi connectivity index (χ0v) is 12.8. The first-order valence-electron chi connectivity index (χ1n) is 7.74. The first-order chi connectivity index (χ1) is 10.6. The largest absolute Gasteiger partial charge is 0.508 e. The fraction of sp³-hybridized carbons (Fsp3) is 0.316. The molecule has 1 aliphatic rings. The van der Waals surface area contributed by atoms with Crippen molar-refractivity contribution in [1.82, 2.24) is 4.90 Å². The van der Waals surface area contributed by atoms with Crippen LogP contribution in [0.2, 0.25) is 0 Å². The van der Waals surface area contributed by atoms with Crippen LogP contribution in [0.15, 0.2) is 48.5 Å². The second-order valence-electron chi connectivity index (χ2n) is 6.08. The Balaban J connectivity index is 1.62. The molecule has 3 heteroatoms. The predicted octanol–water partition coefficient (Wildman–Crippen LogP) is 3.26. The summed E-state index contributed by atoms with van der Waals surface area (Å²) < 4.78 is 0. The lowest BCUT2D eigenvalue weighted by Gasteiger charge is -2.17. The Kier molecular flexibility index (Phi) is 4.14. The average Bonchev–Trinajstić information content (AvgIpc) is 2.98. The van der Waals surface area contributed by atoms with Gasteiger partial charge < -0.3 is 10.0 Å². The van der Waals surface area contributed by atoms with Crippen molar-refractivity contribution in [1.29, 1.82) is 0 Å². The monoisotopic (exact) mass is 295 g/mol. The van der Waals surface area contributed by atoms with Gasteiger partial charge in [0, 0.05) is 19.0 Å². The number of carbonyl (C=O) groups excluding carboxylic acids is 1. The Hall–Kier alpha value is -2.29. The molecular formula is C19H21NO2. The molecule has 0 unspecified atom stereocenters. The standard InChI is InChI=1S/C19H21NO2/c1-14-3-2-4-15(11-14)12-19(22)20-10-9-17(13-20)16-5-7-18(21)8-6-16/h2-8,11,17,21H,9-10,12-13H2,1H3/t17-/m1/s1. The number of hydrogen-bond acceptors (Lipinski definition) is 2. The van der Waals surface area contributed by atoms with E-state index in [4.69, 9.17) is 0 Å². The van der Waals surface area contributed by atoms with Crippen molar-refractivity contribution >= 4 is 5.91 Å². The van der Waals surface area contributed by atoms with E-state index in [1.165, 1.54) is 11.1 Å². The molecule has 1 atom stereocenters. The van der Waals surface area contributed by atoms with Gasteiger partial charge in [-0.05, 0) is 36.6 Å². The van der Waals surface area contributed by atoms with Crippen LogP contribution in [0.25, 0.3) is 0 Å². The molecule has 0 radical (unpaired) electrons. The number of aromatic hydroxyl groups is 1. The molecule has 1 N–H and O–H groups in total. The van der Waals surface area contributed by atoms with Crippen LogP contribution in [0, 0.1) is 6.92 Å². The molecule has 0 spiro atoms. The van der Waals surface area contributed by atoms with Crippen molar-refractivity contribution in [2.45, 2.75) is 25.7 Å². The van der Waals surface area contributed by atoms with Crippen LogP contribution in [0.3, 0.4) is 0 Å². The summed E-state index contributed by atoms with van der Waals surface area (Å²) in [4.78, 5) is 14.4. The maximum atomic E-state index is 12.4. The third kappa shape index (κ3) is 3.30. The van der Waals surface area contributed by atoms with Crippen molar-refractivity contribution in [2.24, 2.45) is 0 Å². The van der Waals surface area contributed by atoms with Gasteiger partial charge in [-0.2, -0.15) is 0 Å². The van der Waals surface area contributed by atoms with Crippen LogP contribution < -0.4 is 0 Å². The number of phenolic OH excluding ortho intramolecular Hbond substituents is 1. The van der Waals surface area contributed by atoms with Gasteiger partial charge in [0.1, 0.15) is 5.75 Å². The molecule has 3 nitrogen and oxygen atoms in total. The number of aryl methyl sites for hydroxylation is 1. The SMILES string of the molecule is Cc1cccc(CC(=O)N2CC[C@@H](c3ccc(O)cc3)C2)c1. The quantitative estimate of drug-likeness (QED) is 0.944. The van der Waals surface area contributed by atoms with Crippen LogP contribution >= 0.6 is 0 Å². The maximum Gasteiger partial charge on any atom is 0.227 e. The molecule has 1 saturated heterocycles. The van der Waals surface area contributed by atoms with Crippen LogP contribution in [-0.4, -0.2) is 29.0 Å². The number of nitrogens with zero attached hydrogens (tertiary/aromatic N) is 1. The number of benzene rings is 2. The number of rotatable bonds is 3. The van der Waals surface area contributed by atoms with E-state index in [0.29, 0.717) is 12.3 Å². The summed E-state index contributed by atoms with van der Waals surface area (Å²) in [6.45, 7) is 3.64. The fourth-order valence-corrected chi connectivity index (χ4v) is 3.11. The molecule has 2 aromatic rings. The molecule has 22 heavy (non-hydrogen) atoms. The maximum absolute atomic E-state index is 12.4. The second kappa shape index (κ2) is 6.22. The van der Waals surface area contributed by atoms with Crippen LogP contribution in [0.4, 0.5) is 0 Å². The minimum atomic E-state index is 0.201. The number of phenols is 1. The van der Waals surface area contributed by atoms with Gasteiger partial charge in [-0.1, -0.05) is 42.0 Å². The highest BCUT2D eigenvalue weighted by molar-refractivity contribution is 5.79. The van der Waals surface area contributed by atoms with E-state index in [1.54, 1.807) is 12.1 Å². The second-order valence-corrected chi connectivity index (χ2v) is 6.08. The van der Waals surface area contributed by atoms with Crippen LogP contribution in [0.5, 0.6) is 5.75 Å². The van der Waals surface area contributed by atoms with Crippen molar-refractivity contribution in [3.63, 3.8) is 0 Å². The van der Waals surface area contributed by atoms with Gasteiger partial charge in [0.15, 0.2) is 0 Å². The van der Waals surface area contributed by atoms with Gasteiger partial charge in [0.05, 0.1) is 6.42 Å². The van der Waals surface area contributed by atoms with E-state index in [9.17, 15) is 9.90 Å². The minimum Gasteiger partial charge on any atom is -0.508 e. The summed E-state index contributed by atoms with van der Waals surface area (Å²) in [5.41, 5.74) is 3.47. The Morgan fingerprint density at radius 2 is 2.00 bits per heavy atom. The summed E-state index contributed by atoms with van der Waals surface area (Å²) in [6, 6.07) is 15.5. The lowest BCUT2D eigenvalue weighted by molar-refractivity contribution is -0.129. The number of hydrogen-bond donors (Lipinski definition) is 1. The highest BCUT2D eigenvalue weighted by Crippen LogP contribution is 2.28. The molecule has 0 aromatic heterocycles. The molecule has 114 valence electrons. The Labute approximate surface area is 131 Å². The van der Waals surface area contributed by atoms with Gasteiger partial charge in [0.2, 0.25) is 5.91 Å². The van der Waals surface area contributed by atoms with E-state index in [-0.39, 0.29) is 11.7 Å². The van der Waals surface area contributed by atoms with Gasteiger partial charge in [0.25, 0.3) is 0 Å². The molecule has 2 aromatic carbocycles. The van der Waals surface area contributed by atoms with E-state index >= 15 is 0 Å². The van der Waals surface area contributed by atoms with Crippen molar-refractivity contribution in [2.75, 3.05) is 13.1 Å². The van der Waals surface area contributed by atoms with E-state index in [1.807, 2.05) is 42.2 Å². The number of carbonyl (C=O) groups is 1. The van der Waals surface area contributed by atoms with Gasteiger partial charge in [-0.15, -0.1) is 0 Å². The van der Waals surface area contributed by atoms with Crippen molar-refractivity contribution in [3.8, 4) is 5.75 Å². The third-order valence-corrected chi connectivity index (χ3v) is 4.34. The van der Waals surface area contributed by atoms with E-state index in [0.717, 1.165) is 25.1 Å². The number of amides is 1. The number of likely N-dealkylation sites (tertiary alicyclic amines) is 1. The normalized spacial score (nSPS) is 17.7. The molecular weight excluding hydrogens is 274 g/mol. The molecule has 0 saturated carbocycles. The zero-order chi connectivity index (χ0) is 15.5. The Morgan fingerprint density at radius 3 is 2.73 bits per heavy atom.